The van der Waals surface area contributed by atoms with Gasteiger partial charge in [-0.05, 0) is 6.42 Å². The van der Waals surface area contributed by atoms with Gasteiger partial charge in [0.1, 0.15) is 19.6 Å². The van der Waals surface area contributed by atoms with Gasteiger partial charge in [0.15, 0.2) is 0 Å². The van der Waals surface area contributed by atoms with Crippen molar-refractivity contribution in [2.45, 2.75) is 26.3 Å². The summed E-state index contributed by atoms with van der Waals surface area (Å²) in [6.07, 6.45) is 2.61. The van der Waals surface area contributed by atoms with E-state index >= 15 is 0 Å². The summed E-state index contributed by atoms with van der Waals surface area (Å²) in [7, 11) is 0. The molecule has 1 aliphatic heterocycles. The Hall–Kier alpha value is -0.570. The average Bonchev–Trinajstić information content (AvgIpc) is 2.39. The molecule has 1 aromatic carbocycles. The summed E-state index contributed by atoms with van der Waals surface area (Å²) in [6, 6.07) is 10.9. The molecule has 1 fully saturated rings. The SMILES string of the molecule is CCCC[N+]1(Cc2ccccc2)CCOCC1.[Cl-]. The van der Waals surface area contributed by atoms with Crippen LogP contribution in [-0.2, 0) is 11.3 Å². The molecule has 0 amide bonds. The Morgan fingerprint density at radius 3 is 2.39 bits per heavy atom. The monoisotopic (exact) mass is 269 g/mol. The van der Waals surface area contributed by atoms with Crippen molar-refractivity contribution in [2.75, 3.05) is 32.8 Å². The van der Waals surface area contributed by atoms with Gasteiger partial charge in [0.25, 0.3) is 0 Å². The van der Waals surface area contributed by atoms with Crippen molar-refractivity contribution in [1.29, 1.82) is 0 Å². The summed E-state index contributed by atoms with van der Waals surface area (Å²) in [5.41, 5.74) is 1.46. The van der Waals surface area contributed by atoms with E-state index in [-0.39, 0.29) is 12.4 Å². The highest BCUT2D eigenvalue weighted by molar-refractivity contribution is 5.13. The highest BCUT2D eigenvalue weighted by Gasteiger charge is 2.29. The first-order valence-electron chi connectivity index (χ1n) is 6.81. The van der Waals surface area contributed by atoms with E-state index in [1.165, 1.54) is 49.1 Å². The number of unbranched alkanes of at least 4 members (excludes halogenated alkanes) is 1. The van der Waals surface area contributed by atoms with Gasteiger partial charge in [-0.25, -0.2) is 0 Å². The molecule has 0 aromatic heterocycles. The number of ether oxygens (including phenoxy) is 1. The quantitative estimate of drug-likeness (QED) is 0.675. The van der Waals surface area contributed by atoms with Crippen molar-refractivity contribution in [3.05, 3.63) is 35.9 Å². The number of quaternary nitrogens is 1. The van der Waals surface area contributed by atoms with Gasteiger partial charge in [0, 0.05) is 5.56 Å². The zero-order chi connectivity index (χ0) is 12.0. The second-order valence-electron chi connectivity index (χ2n) is 5.12. The predicted octanol–water partition coefficient (Wildman–Crippen LogP) is -0.162. The first kappa shape index (κ1) is 15.5. The third-order valence-electron chi connectivity index (χ3n) is 3.77. The molecule has 2 nitrogen and oxygen atoms in total. The van der Waals surface area contributed by atoms with Crippen molar-refractivity contribution < 1.29 is 21.6 Å². The molecule has 0 saturated carbocycles. The van der Waals surface area contributed by atoms with Crippen LogP contribution in [0.2, 0.25) is 0 Å². The molecule has 1 aromatic rings. The second-order valence-corrected chi connectivity index (χ2v) is 5.12. The highest BCUT2D eigenvalue weighted by Crippen LogP contribution is 2.18. The van der Waals surface area contributed by atoms with Crippen LogP contribution in [0.4, 0.5) is 0 Å². The molecule has 102 valence electrons. The lowest BCUT2D eigenvalue weighted by Crippen LogP contribution is -3.00. The van der Waals surface area contributed by atoms with Gasteiger partial charge in [-0.1, -0.05) is 43.7 Å². The Morgan fingerprint density at radius 1 is 1.11 bits per heavy atom. The van der Waals surface area contributed by atoms with Crippen LogP contribution in [0, 0.1) is 0 Å². The molecule has 0 radical (unpaired) electrons. The number of hydrogen-bond donors (Lipinski definition) is 0. The molecule has 0 spiro atoms. The third kappa shape index (κ3) is 4.27. The van der Waals surface area contributed by atoms with E-state index in [9.17, 15) is 0 Å². The maximum absolute atomic E-state index is 5.53. The van der Waals surface area contributed by atoms with Crippen LogP contribution in [0.25, 0.3) is 0 Å². The van der Waals surface area contributed by atoms with E-state index in [0.29, 0.717) is 0 Å². The molecule has 1 saturated heterocycles. The molecular weight excluding hydrogens is 246 g/mol. The summed E-state index contributed by atoms with van der Waals surface area (Å²) >= 11 is 0. The number of benzene rings is 1. The van der Waals surface area contributed by atoms with Crippen LogP contribution in [0.5, 0.6) is 0 Å². The number of nitrogens with zero attached hydrogens (tertiary/aromatic N) is 1. The zero-order valence-corrected chi connectivity index (χ0v) is 12.0. The van der Waals surface area contributed by atoms with Crippen LogP contribution in [0.15, 0.2) is 30.3 Å². The minimum atomic E-state index is 0. The summed E-state index contributed by atoms with van der Waals surface area (Å²) in [4.78, 5) is 0. The summed E-state index contributed by atoms with van der Waals surface area (Å²) in [5.74, 6) is 0. The maximum atomic E-state index is 5.53. The van der Waals surface area contributed by atoms with E-state index in [2.05, 4.69) is 37.3 Å². The normalized spacial score (nSPS) is 18.1. The van der Waals surface area contributed by atoms with Crippen LogP contribution in [0.1, 0.15) is 25.3 Å². The van der Waals surface area contributed by atoms with Crippen LogP contribution in [0.3, 0.4) is 0 Å². The molecule has 0 unspecified atom stereocenters. The fraction of sp³-hybridized carbons (Fsp3) is 0.600. The Labute approximate surface area is 117 Å². The van der Waals surface area contributed by atoms with Gasteiger partial charge in [-0.3, -0.25) is 0 Å². The van der Waals surface area contributed by atoms with Crippen LogP contribution in [-0.4, -0.2) is 37.3 Å². The predicted molar refractivity (Wildman–Crippen MR) is 70.7 cm³/mol. The number of hydrogen-bond acceptors (Lipinski definition) is 1. The van der Waals surface area contributed by atoms with Gasteiger partial charge in [-0.15, -0.1) is 0 Å². The standard InChI is InChI=1S/C15H24NO.ClH/c1-2-3-9-16(10-12-17-13-11-16)14-15-7-5-4-6-8-15;/h4-8H,2-3,9-14H2,1H3;1H/q+1;/p-1. The molecule has 0 aliphatic carbocycles. The minimum Gasteiger partial charge on any atom is -1.00 e. The van der Waals surface area contributed by atoms with Gasteiger partial charge >= 0.3 is 0 Å². The first-order chi connectivity index (χ1) is 8.35. The van der Waals surface area contributed by atoms with Crippen molar-refractivity contribution in [3.8, 4) is 0 Å². The van der Waals surface area contributed by atoms with Crippen molar-refractivity contribution in [3.63, 3.8) is 0 Å². The fourth-order valence-electron chi connectivity index (χ4n) is 2.66. The Morgan fingerprint density at radius 2 is 1.78 bits per heavy atom. The third-order valence-corrected chi connectivity index (χ3v) is 3.77. The number of halogens is 1. The topological polar surface area (TPSA) is 9.23 Å². The summed E-state index contributed by atoms with van der Waals surface area (Å²) in [6.45, 7) is 8.95. The van der Waals surface area contributed by atoms with E-state index in [0.717, 1.165) is 13.2 Å². The van der Waals surface area contributed by atoms with Crippen molar-refractivity contribution in [2.24, 2.45) is 0 Å². The van der Waals surface area contributed by atoms with Crippen molar-refractivity contribution in [1.82, 2.24) is 0 Å². The van der Waals surface area contributed by atoms with Crippen molar-refractivity contribution >= 4 is 0 Å². The molecule has 1 heterocycles. The Balaban J connectivity index is 0.00000162. The molecule has 0 bridgehead atoms. The molecule has 18 heavy (non-hydrogen) atoms. The summed E-state index contributed by atoms with van der Waals surface area (Å²) < 4.78 is 6.75. The first-order valence-corrected chi connectivity index (χ1v) is 6.81. The van der Waals surface area contributed by atoms with Gasteiger partial charge < -0.3 is 21.6 Å². The number of rotatable bonds is 5. The molecule has 1 aliphatic rings. The number of morpholine rings is 1. The van der Waals surface area contributed by atoms with Gasteiger partial charge in [0.2, 0.25) is 0 Å². The fourth-order valence-corrected chi connectivity index (χ4v) is 2.66. The molecule has 0 N–H and O–H groups in total. The lowest BCUT2D eigenvalue weighted by molar-refractivity contribution is -0.947. The Kier molecular flexibility index (Phi) is 6.69. The minimum absolute atomic E-state index is 0. The molecule has 3 heteroatoms. The van der Waals surface area contributed by atoms with E-state index in [1.807, 2.05) is 0 Å². The lowest BCUT2D eigenvalue weighted by atomic mass is 10.1. The van der Waals surface area contributed by atoms with E-state index < -0.39 is 0 Å². The highest BCUT2D eigenvalue weighted by atomic mass is 35.5. The van der Waals surface area contributed by atoms with E-state index in [1.54, 1.807) is 0 Å². The largest absolute Gasteiger partial charge is 1.00 e. The lowest BCUT2D eigenvalue weighted by Gasteiger charge is -2.41. The Bertz CT molecular complexity index is 323. The summed E-state index contributed by atoms with van der Waals surface area (Å²) in [5, 5.41) is 0. The van der Waals surface area contributed by atoms with Gasteiger partial charge in [-0.2, -0.15) is 0 Å². The zero-order valence-electron chi connectivity index (χ0n) is 11.3. The van der Waals surface area contributed by atoms with Gasteiger partial charge in [0.05, 0.1) is 19.8 Å². The maximum Gasteiger partial charge on any atom is 0.104 e. The van der Waals surface area contributed by atoms with Crippen LogP contribution >= 0.6 is 0 Å². The van der Waals surface area contributed by atoms with Crippen LogP contribution < -0.4 is 12.4 Å². The molecule has 2 rings (SSSR count). The van der Waals surface area contributed by atoms with E-state index in [4.69, 9.17) is 4.74 Å². The smallest absolute Gasteiger partial charge is 0.104 e. The average molecular weight is 270 g/mol. The molecule has 0 atom stereocenters. The second kappa shape index (κ2) is 7.78. The molecular formula is C15H24ClNO.